The molecule has 0 saturated carbocycles. The van der Waals surface area contributed by atoms with Gasteiger partial charge in [0.1, 0.15) is 15.8 Å². The van der Waals surface area contributed by atoms with Crippen LogP contribution in [0.5, 0.6) is 0 Å². The van der Waals surface area contributed by atoms with Crippen LogP contribution < -0.4 is 5.32 Å². The van der Waals surface area contributed by atoms with Crippen molar-refractivity contribution in [2.24, 2.45) is 11.8 Å². The molecule has 1 N–H and O–H groups in total. The topological polar surface area (TPSA) is 66.5 Å². The molecule has 0 spiro atoms. The Bertz CT molecular complexity index is 1680. The third-order valence-corrected chi connectivity index (χ3v) is 11.2. The number of rotatable bonds is 5. The summed E-state index contributed by atoms with van der Waals surface area (Å²) < 4.78 is 0.673. The summed E-state index contributed by atoms with van der Waals surface area (Å²) in [5.41, 5.74) is 4.05. The van der Waals surface area contributed by atoms with Gasteiger partial charge in [-0.25, -0.2) is 0 Å². The van der Waals surface area contributed by atoms with Gasteiger partial charge in [0.15, 0.2) is 0 Å². The normalized spacial score (nSPS) is 26.0. The van der Waals surface area contributed by atoms with Crippen LogP contribution in [0.15, 0.2) is 102 Å². The highest BCUT2D eigenvalue weighted by Crippen LogP contribution is 2.69. The number of carbonyl (C=O) groups excluding carboxylic acids is 3. The maximum atomic E-state index is 14.5. The Labute approximate surface area is 265 Å². The van der Waals surface area contributed by atoms with Gasteiger partial charge in [0.2, 0.25) is 17.7 Å². The first-order valence-electron chi connectivity index (χ1n) is 13.4. The molecule has 1 fully saturated rings. The van der Waals surface area contributed by atoms with Gasteiger partial charge in [-0.3, -0.25) is 19.3 Å². The van der Waals surface area contributed by atoms with Gasteiger partial charge in [-0.1, -0.05) is 90.5 Å². The number of benzene rings is 4. The standard InChI is InChI=1S/C33H22BrCl3N2O3/c34-24-15-14-19(17-25(24)35)38-29(40)26(16-18-8-2-1-3-9-18)39-30(41)27-28(31(39)42)33(37)21-11-5-4-10-20(21)32(27,36)22-12-6-7-13-23(22)33/h1-15,17,26-28H,16H2,(H,38,40)/t26-,27-,28+,32?,33?/m1/s1. The molecule has 42 heavy (non-hydrogen) atoms. The number of nitrogens with zero attached hydrogens (tertiary/aromatic N) is 1. The Morgan fingerprint density at radius 3 is 1.74 bits per heavy atom. The van der Waals surface area contributed by atoms with Gasteiger partial charge in [0.25, 0.3) is 0 Å². The Balaban J connectivity index is 1.36. The lowest BCUT2D eigenvalue weighted by Crippen LogP contribution is -2.57. The van der Waals surface area contributed by atoms with Crippen molar-refractivity contribution < 1.29 is 14.4 Å². The molecule has 9 heteroatoms. The van der Waals surface area contributed by atoms with Gasteiger partial charge >= 0.3 is 0 Å². The van der Waals surface area contributed by atoms with Crippen molar-refractivity contribution in [2.75, 3.05) is 5.32 Å². The van der Waals surface area contributed by atoms with Gasteiger partial charge in [0.05, 0.1) is 16.9 Å². The summed E-state index contributed by atoms with van der Waals surface area (Å²) in [4.78, 5) is 41.5. The molecule has 1 saturated heterocycles. The van der Waals surface area contributed by atoms with E-state index in [1.165, 1.54) is 0 Å². The fraction of sp³-hybridized carbons (Fsp3) is 0.182. The number of carbonyl (C=O) groups is 3. The van der Waals surface area contributed by atoms with E-state index in [-0.39, 0.29) is 6.42 Å². The molecule has 4 aromatic carbocycles. The summed E-state index contributed by atoms with van der Waals surface area (Å²) in [6, 6.07) is 28.0. The smallest absolute Gasteiger partial charge is 0.248 e. The highest BCUT2D eigenvalue weighted by molar-refractivity contribution is 9.10. The molecule has 5 nitrogen and oxygen atoms in total. The van der Waals surface area contributed by atoms with E-state index in [9.17, 15) is 14.4 Å². The maximum Gasteiger partial charge on any atom is 0.248 e. The zero-order valence-corrected chi connectivity index (χ0v) is 25.7. The Hall–Kier alpha value is -3.16. The Kier molecular flexibility index (Phi) is 6.55. The first-order valence-corrected chi connectivity index (χ1v) is 15.3. The minimum absolute atomic E-state index is 0.109. The Morgan fingerprint density at radius 2 is 1.26 bits per heavy atom. The van der Waals surface area contributed by atoms with E-state index in [2.05, 4.69) is 21.2 Å². The second kappa shape index (κ2) is 9.95. The summed E-state index contributed by atoms with van der Waals surface area (Å²) in [5, 5.41) is 3.27. The van der Waals surface area contributed by atoms with Crippen LogP contribution in [0.25, 0.3) is 0 Å². The van der Waals surface area contributed by atoms with E-state index >= 15 is 0 Å². The van der Waals surface area contributed by atoms with Crippen LogP contribution in [0.1, 0.15) is 27.8 Å². The number of halogens is 4. The second-order valence-corrected chi connectivity index (χ2v) is 13.3. The van der Waals surface area contributed by atoms with E-state index in [4.69, 9.17) is 34.8 Å². The monoisotopic (exact) mass is 678 g/mol. The number of imide groups is 1. The van der Waals surface area contributed by atoms with Crippen LogP contribution in [-0.2, 0) is 30.6 Å². The van der Waals surface area contributed by atoms with Crippen molar-refractivity contribution >= 4 is 74.1 Å². The summed E-state index contributed by atoms with van der Waals surface area (Å²) in [6.07, 6.45) is 0.109. The van der Waals surface area contributed by atoms with E-state index in [0.29, 0.717) is 37.4 Å². The van der Waals surface area contributed by atoms with Gasteiger partial charge in [-0.05, 0) is 61.9 Å². The molecule has 0 radical (unpaired) electrons. The predicted molar refractivity (Wildman–Crippen MR) is 167 cm³/mol. The Morgan fingerprint density at radius 1 is 0.786 bits per heavy atom. The zero-order valence-electron chi connectivity index (χ0n) is 21.9. The fourth-order valence-electron chi connectivity index (χ4n) is 6.93. The first kappa shape index (κ1) is 27.7. The number of alkyl halides is 2. The van der Waals surface area contributed by atoms with Gasteiger partial charge < -0.3 is 5.32 Å². The van der Waals surface area contributed by atoms with Crippen molar-refractivity contribution in [3.8, 4) is 0 Å². The van der Waals surface area contributed by atoms with E-state index in [1.54, 1.807) is 18.2 Å². The van der Waals surface area contributed by atoms with Crippen LogP contribution in [-0.4, -0.2) is 28.7 Å². The molecule has 4 aromatic rings. The predicted octanol–water partition coefficient (Wildman–Crippen LogP) is 7.25. The van der Waals surface area contributed by atoms with Crippen molar-refractivity contribution in [1.82, 2.24) is 4.90 Å². The van der Waals surface area contributed by atoms with Crippen molar-refractivity contribution in [1.29, 1.82) is 0 Å². The lowest BCUT2D eigenvalue weighted by atomic mass is 9.54. The lowest BCUT2D eigenvalue weighted by Gasteiger charge is -2.54. The van der Waals surface area contributed by atoms with Crippen molar-refractivity contribution in [2.45, 2.75) is 22.2 Å². The molecule has 3 atom stereocenters. The molecular weight excluding hydrogens is 659 g/mol. The molecule has 1 aliphatic heterocycles. The molecule has 0 unspecified atom stereocenters. The molecule has 1 heterocycles. The molecule has 3 aliphatic carbocycles. The number of hydrogen-bond acceptors (Lipinski definition) is 3. The van der Waals surface area contributed by atoms with Crippen molar-refractivity contribution in [3.05, 3.63) is 134 Å². The molecular formula is C33H22BrCl3N2O3. The third-order valence-electron chi connectivity index (χ3n) is 8.69. The van der Waals surface area contributed by atoms with Crippen molar-refractivity contribution in [3.63, 3.8) is 0 Å². The molecule has 210 valence electrons. The zero-order chi connectivity index (χ0) is 29.4. The SMILES string of the molecule is O=C(Nc1ccc(Br)c(Cl)c1)[C@@H](Cc1ccccc1)N1C(=O)[C@@H]2[C@H](C1=O)C1(Cl)c3ccccc3C2(Cl)c2ccccc21. The van der Waals surface area contributed by atoms with Gasteiger partial charge in [0, 0.05) is 16.6 Å². The maximum absolute atomic E-state index is 14.5. The molecule has 4 aliphatic rings. The number of amides is 3. The van der Waals surface area contributed by atoms with Crippen LogP contribution >= 0.6 is 50.7 Å². The highest BCUT2D eigenvalue weighted by Gasteiger charge is 2.73. The van der Waals surface area contributed by atoms with Crippen LogP contribution in [0, 0.1) is 11.8 Å². The summed E-state index contributed by atoms with van der Waals surface area (Å²) in [5.74, 6) is -3.55. The van der Waals surface area contributed by atoms with Gasteiger partial charge in [-0.2, -0.15) is 0 Å². The number of nitrogens with one attached hydrogen (secondary N) is 1. The summed E-state index contributed by atoms with van der Waals surface area (Å²) in [6.45, 7) is 0. The number of likely N-dealkylation sites (tertiary alicyclic amines) is 1. The quantitative estimate of drug-likeness (QED) is 0.179. The molecule has 2 bridgehead atoms. The average molecular weight is 681 g/mol. The molecule has 3 amide bonds. The number of hydrogen-bond donors (Lipinski definition) is 1. The molecule has 8 rings (SSSR count). The first-order chi connectivity index (χ1) is 20.2. The minimum atomic E-state index is -1.33. The fourth-order valence-corrected chi connectivity index (χ4v) is 8.46. The van der Waals surface area contributed by atoms with Crippen LogP contribution in [0.4, 0.5) is 5.69 Å². The summed E-state index contributed by atoms with van der Waals surface area (Å²) in [7, 11) is 0. The van der Waals surface area contributed by atoms with E-state index < -0.39 is 45.3 Å². The minimum Gasteiger partial charge on any atom is -0.324 e. The van der Waals surface area contributed by atoms with Gasteiger partial charge in [-0.15, -0.1) is 23.2 Å². The van der Waals surface area contributed by atoms with Crippen LogP contribution in [0.3, 0.4) is 0 Å². The summed E-state index contributed by atoms with van der Waals surface area (Å²) >= 11 is 24.8. The molecule has 0 aromatic heterocycles. The number of anilines is 1. The highest BCUT2D eigenvalue weighted by atomic mass is 79.9. The second-order valence-electron chi connectivity index (χ2n) is 10.8. The van der Waals surface area contributed by atoms with Crippen LogP contribution in [0.2, 0.25) is 5.02 Å². The third kappa shape index (κ3) is 3.78. The van der Waals surface area contributed by atoms with E-state index in [0.717, 1.165) is 10.5 Å². The lowest BCUT2D eigenvalue weighted by molar-refractivity contribution is -0.146. The average Bonchev–Trinajstić information content (AvgIpc) is 3.27. The van der Waals surface area contributed by atoms with E-state index in [1.807, 2.05) is 78.9 Å². The largest absolute Gasteiger partial charge is 0.324 e.